The zero-order chi connectivity index (χ0) is 21.8. The Morgan fingerprint density at radius 2 is 1.74 bits per heavy atom. The number of aliphatic hydroxyl groups is 1. The minimum atomic E-state index is -0.704. The summed E-state index contributed by atoms with van der Waals surface area (Å²) >= 11 is 3.47. The molecule has 1 unspecified atom stereocenters. The fourth-order valence-corrected chi connectivity index (χ4v) is 3.95. The number of aliphatic hydroxyl groups excluding tert-OH is 1. The number of aromatic nitrogens is 2. The maximum atomic E-state index is 10.7. The molecule has 1 heterocycles. The maximum absolute atomic E-state index is 10.7. The van der Waals surface area contributed by atoms with E-state index in [1.807, 2.05) is 72.2 Å². The molecule has 31 heavy (non-hydrogen) atoms. The number of para-hydroxylation sites is 3. The highest BCUT2D eigenvalue weighted by molar-refractivity contribution is 9.10. The van der Waals surface area contributed by atoms with Crippen LogP contribution in [0, 0.1) is 13.8 Å². The van der Waals surface area contributed by atoms with Crippen molar-refractivity contribution in [1.29, 1.82) is 0 Å². The van der Waals surface area contributed by atoms with Gasteiger partial charge in [0, 0.05) is 0 Å². The lowest BCUT2D eigenvalue weighted by Crippen LogP contribution is -2.25. The molecule has 5 nitrogen and oxygen atoms in total. The van der Waals surface area contributed by atoms with Crippen molar-refractivity contribution >= 4 is 27.0 Å². The molecule has 0 fully saturated rings. The van der Waals surface area contributed by atoms with Gasteiger partial charge >= 0.3 is 0 Å². The normalized spacial score (nSPS) is 12.1. The van der Waals surface area contributed by atoms with Gasteiger partial charge in [0.2, 0.25) is 0 Å². The van der Waals surface area contributed by atoms with E-state index in [2.05, 4.69) is 28.9 Å². The second kappa shape index (κ2) is 9.54. The lowest BCUT2D eigenvalue weighted by molar-refractivity contribution is 0.0914. The molecule has 1 aromatic heterocycles. The first-order chi connectivity index (χ1) is 15.0. The van der Waals surface area contributed by atoms with E-state index in [0.29, 0.717) is 18.9 Å². The average Bonchev–Trinajstić information content (AvgIpc) is 3.10. The van der Waals surface area contributed by atoms with Gasteiger partial charge in [0.05, 0.1) is 22.1 Å². The van der Waals surface area contributed by atoms with E-state index in [1.54, 1.807) is 0 Å². The predicted octanol–water partition coefficient (Wildman–Crippen LogP) is 5.43. The maximum Gasteiger partial charge on any atom is 0.148 e. The third-order valence-electron chi connectivity index (χ3n) is 5.08. The molecule has 0 aliphatic heterocycles. The first kappa shape index (κ1) is 21.4. The van der Waals surface area contributed by atoms with E-state index in [9.17, 15) is 5.11 Å². The largest absolute Gasteiger partial charge is 0.490 e. The minimum Gasteiger partial charge on any atom is -0.490 e. The van der Waals surface area contributed by atoms with Crippen LogP contribution >= 0.6 is 15.9 Å². The monoisotopic (exact) mass is 480 g/mol. The Morgan fingerprint density at radius 3 is 2.55 bits per heavy atom. The molecule has 3 aromatic carbocycles. The van der Waals surface area contributed by atoms with Crippen LogP contribution in [0.5, 0.6) is 11.5 Å². The van der Waals surface area contributed by atoms with Crippen molar-refractivity contribution in [3.05, 3.63) is 88.2 Å². The number of rotatable bonds is 8. The summed E-state index contributed by atoms with van der Waals surface area (Å²) in [6.45, 7) is 4.95. The molecule has 0 aliphatic rings. The van der Waals surface area contributed by atoms with Crippen molar-refractivity contribution in [3.63, 3.8) is 0 Å². The molecule has 1 atom stereocenters. The predicted molar refractivity (Wildman–Crippen MR) is 126 cm³/mol. The summed E-state index contributed by atoms with van der Waals surface area (Å²) in [6.07, 6.45) is -0.704. The van der Waals surface area contributed by atoms with Gasteiger partial charge in [-0.05, 0) is 65.7 Å². The molecule has 0 saturated heterocycles. The number of aryl methyl sites for hydroxylation is 2. The van der Waals surface area contributed by atoms with Crippen molar-refractivity contribution in [2.75, 3.05) is 6.61 Å². The average molecular weight is 481 g/mol. The van der Waals surface area contributed by atoms with Gasteiger partial charge in [-0.1, -0.05) is 42.0 Å². The SMILES string of the molecule is Cc1ccc(OCc2nc3ccccc3n2CC(O)COc2ccccc2Br)c(C)c1. The summed E-state index contributed by atoms with van der Waals surface area (Å²) in [5.41, 5.74) is 4.12. The Labute approximate surface area is 190 Å². The number of fused-ring (bicyclic) bond motifs is 1. The van der Waals surface area contributed by atoms with Gasteiger partial charge < -0.3 is 19.1 Å². The Balaban J connectivity index is 1.51. The highest BCUT2D eigenvalue weighted by atomic mass is 79.9. The van der Waals surface area contributed by atoms with E-state index in [4.69, 9.17) is 14.5 Å². The minimum absolute atomic E-state index is 0.173. The van der Waals surface area contributed by atoms with Crippen LogP contribution in [0.25, 0.3) is 11.0 Å². The molecule has 0 bridgehead atoms. The van der Waals surface area contributed by atoms with Gasteiger partial charge in [0.15, 0.2) is 0 Å². The Kier molecular flexibility index (Phi) is 6.59. The van der Waals surface area contributed by atoms with E-state index < -0.39 is 6.10 Å². The van der Waals surface area contributed by atoms with Crippen LogP contribution in [0.15, 0.2) is 71.2 Å². The van der Waals surface area contributed by atoms with E-state index >= 15 is 0 Å². The Bertz CT molecular complexity index is 1190. The fourth-order valence-electron chi connectivity index (χ4n) is 3.55. The molecule has 4 aromatic rings. The fraction of sp³-hybridized carbons (Fsp3) is 0.240. The number of benzene rings is 3. The summed E-state index contributed by atoms with van der Waals surface area (Å²) < 4.78 is 14.7. The zero-order valence-corrected chi connectivity index (χ0v) is 19.2. The highest BCUT2D eigenvalue weighted by Crippen LogP contribution is 2.25. The van der Waals surface area contributed by atoms with Gasteiger partial charge in [0.25, 0.3) is 0 Å². The molecule has 0 radical (unpaired) electrons. The van der Waals surface area contributed by atoms with Crippen molar-refractivity contribution in [2.24, 2.45) is 0 Å². The van der Waals surface area contributed by atoms with Crippen LogP contribution in [0.2, 0.25) is 0 Å². The first-order valence-corrected chi connectivity index (χ1v) is 11.0. The Hall–Kier alpha value is -2.83. The topological polar surface area (TPSA) is 56.5 Å². The van der Waals surface area contributed by atoms with Crippen molar-refractivity contribution in [2.45, 2.75) is 33.1 Å². The number of hydrogen-bond acceptors (Lipinski definition) is 4. The Morgan fingerprint density at radius 1 is 0.968 bits per heavy atom. The number of hydrogen-bond donors (Lipinski definition) is 1. The second-order valence-electron chi connectivity index (χ2n) is 7.58. The van der Waals surface area contributed by atoms with Crippen molar-refractivity contribution in [3.8, 4) is 11.5 Å². The summed E-state index contributed by atoms with van der Waals surface area (Å²) in [5, 5.41) is 10.7. The first-order valence-electron chi connectivity index (χ1n) is 10.2. The molecule has 0 amide bonds. The van der Waals surface area contributed by atoms with Gasteiger partial charge in [-0.15, -0.1) is 0 Å². The van der Waals surface area contributed by atoms with Gasteiger partial charge in [-0.2, -0.15) is 0 Å². The molecule has 6 heteroatoms. The van der Waals surface area contributed by atoms with Gasteiger partial charge in [-0.3, -0.25) is 0 Å². The summed E-state index contributed by atoms with van der Waals surface area (Å²) in [6, 6.07) is 21.6. The molecular formula is C25H25BrN2O3. The van der Waals surface area contributed by atoms with E-state index in [1.165, 1.54) is 5.56 Å². The van der Waals surface area contributed by atoms with E-state index in [0.717, 1.165) is 32.6 Å². The molecule has 4 rings (SSSR count). The third kappa shape index (κ3) is 5.09. The van der Waals surface area contributed by atoms with Crippen molar-refractivity contribution in [1.82, 2.24) is 9.55 Å². The number of halogens is 1. The lowest BCUT2D eigenvalue weighted by Gasteiger charge is -2.17. The quantitative estimate of drug-likeness (QED) is 0.365. The summed E-state index contributed by atoms with van der Waals surface area (Å²) in [7, 11) is 0. The van der Waals surface area contributed by atoms with Gasteiger partial charge in [0.1, 0.15) is 36.6 Å². The van der Waals surface area contributed by atoms with E-state index in [-0.39, 0.29) is 6.61 Å². The lowest BCUT2D eigenvalue weighted by atomic mass is 10.1. The molecule has 160 valence electrons. The number of ether oxygens (including phenoxy) is 2. The van der Waals surface area contributed by atoms with Crippen LogP contribution in [-0.4, -0.2) is 27.4 Å². The van der Waals surface area contributed by atoms with Gasteiger partial charge in [-0.25, -0.2) is 4.98 Å². The summed E-state index contributed by atoms with van der Waals surface area (Å²) in [4.78, 5) is 4.74. The second-order valence-corrected chi connectivity index (χ2v) is 8.43. The van der Waals surface area contributed by atoms with Crippen LogP contribution in [0.4, 0.5) is 0 Å². The van der Waals surface area contributed by atoms with Crippen LogP contribution in [0.3, 0.4) is 0 Å². The highest BCUT2D eigenvalue weighted by Gasteiger charge is 2.16. The number of imidazole rings is 1. The zero-order valence-electron chi connectivity index (χ0n) is 17.6. The van der Waals surface area contributed by atoms with Crippen LogP contribution in [0.1, 0.15) is 17.0 Å². The van der Waals surface area contributed by atoms with Crippen LogP contribution in [-0.2, 0) is 13.2 Å². The molecule has 1 N–H and O–H groups in total. The van der Waals surface area contributed by atoms with Crippen LogP contribution < -0.4 is 9.47 Å². The smallest absolute Gasteiger partial charge is 0.148 e. The third-order valence-corrected chi connectivity index (χ3v) is 5.74. The van der Waals surface area contributed by atoms with Crippen molar-refractivity contribution < 1.29 is 14.6 Å². The molecule has 0 spiro atoms. The number of nitrogens with zero attached hydrogens (tertiary/aromatic N) is 2. The standard InChI is InChI=1S/C25H25BrN2O3/c1-17-11-12-23(18(2)13-17)31-16-25-27-21-8-4-5-9-22(21)28(25)14-19(29)15-30-24-10-6-3-7-20(24)26/h3-13,19,29H,14-16H2,1-2H3. The molecule has 0 aliphatic carbocycles. The summed E-state index contributed by atoms with van der Waals surface area (Å²) in [5.74, 6) is 2.30. The molecular weight excluding hydrogens is 456 g/mol. The molecule has 0 saturated carbocycles.